The van der Waals surface area contributed by atoms with Crippen LogP contribution in [0.4, 0.5) is 0 Å². The summed E-state index contributed by atoms with van der Waals surface area (Å²) in [6.45, 7) is 2.69. The lowest BCUT2D eigenvalue weighted by Crippen LogP contribution is -2.13. The highest BCUT2D eigenvalue weighted by Crippen LogP contribution is 2.39. The number of carbonyl (C=O) groups is 2. The van der Waals surface area contributed by atoms with Gasteiger partial charge in [0.15, 0.2) is 11.6 Å². The standard InChI is InChI=1S/C24H20O3/c1-2-15-27-18-13-11-17(12-14-18)21-23(25)20-10-6-9-19(22(20)24(21)26)16-7-4-3-5-8-16/h3-14,21H,2,15H2,1H3. The summed E-state index contributed by atoms with van der Waals surface area (Å²) < 4.78 is 5.60. The van der Waals surface area contributed by atoms with E-state index in [9.17, 15) is 9.59 Å². The Hall–Kier alpha value is -3.20. The van der Waals surface area contributed by atoms with Crippen molar-refractivity contribution in [3.63, 3.8) is 0 Å². The van der Waals surface area contributed by atoms with Crippen molar-refractivity contribution in [3.8, 4) is 16.9 Å². The Labute approximate surface area is 158 Å². The Morgan fingerprint density at radius 2 is 1.48 bits per heavy atom. The quantitative estimate of drug-likeness (QED) is 0.582. The van der Waals surface area contributed by atoms with E-state index in [2.05, 4.69) is 0 Å². The van der Waals surface area contributed by atoms with Crippen LogP contribution < -0.4 is 4.74 Å². The zero-order valence-electron chi connectivity index (χ0n) is 15.1. The van der Waals surface area contributed by atoms with E-state index in [0.717, 1.165) is 23.3 Å². The van der Waals surface area contributed by atoms with Crippen molar-refractivity contribution in [1.82, 2.24) is 0 Å². The van der Waals surface area contributed by atoms with Gasteiger partial charge in [0.2, 0.25) is 0 Å². The first kappa shape index (κ1) is 17.2. The van der Waals surface area contributed by atoms with Crippen LogP contribution in [0.3, 0.4) is 0 Å². The Kier molecular flexibility index (Phi) is 4.59. The molecule has 3 heteroatoms. The summed E-state index contributed by atoms with van der Waals surface area (Å²) in [6.07, 6.45) is 0.929. The minimum Gasteiger partial charge on any atom is -0.494 e. The van der Waals surface area contributed by atoms with Crippen molar-refractivity contribution in [2.24, 2.45) is 0 Å². The molecule has 134 valence electrons. The minimum absolute atomic E-state index is 0.128. The van der Waals surface area contributed by atoms with Gasteiger partial charge in [-0.2, -0.15) is 0 Å². The Balaban J connectivity index is 1.72. The number of ketones is 2. The molecular weight excluding hydrogens is 336 g/mol. The molecule has 1 unspecified atom stereocenters. The van der Waals surface area contributed by atoms with E-state index in [1.54, 1.807) is 6.07 Å². The molecule has 3 nitrogen and oxygen atoms in total. The predicted octanol–water partition coefficient (Wildman–Crippen LogP) is 5.31. The zero-order chi connectivity index (χ0) is 18.8. The fourth-order valence-corrected chi connectivity index (χ4v) is 3.58. The smallest absolute Gasteiger partial charge is 0.179 e. The summed E-state index contributed by atoms with van der Waals surface area (Å²) in [6, 6.07) is 22.5. The third-order valence-corrected chi connectivity index (χ3v) is 4.87. The number of hydrogen-bond donors (Lipinski definition) is 0. The zero-order valence-corrected chi connectivity index (χ0v) is 15.1. The lowest BCUT2D eigenvalue weighted by molar-refractivity contribution is 0.0890. The van der Waals surface area contributed by atoms with Crippen LogP contribution in [-0.2, 0) is 0 Å². The van der Waals surface area contributed by atoms with Gasteiger partial charge in [-0.05, 0) is 35.2 Å². The molecule has 0 saturated carbocycles. The molecule has 0 heterocycles. The topological polar surface area (TPSA) is 43.4 Å². The molecule has 3 aromatic carbocycles. The van der Waals surface area contributed by atoms with Crippen molar-refractivity contribution in [2.45, 2.75) is 19.3 Å². The fourth-order valence-electron chi connectivity index (χ4n) is 3.58. The maximum atomic E-state index is 13.2. The van der Waals surface area contributed by atoms with Crippen LogP contribution in [0.2, 0.25) is 0 Å². The Bertz CT molecular complexity index is 988. The van der Waals surface area contributed by atoms with Crippen molar-refractivity contribution in [3.05, 3.63) is 89.5 Å². The molecule has 1 atom stereocenters. The second kappa shape index (κ2) is 7.20. The third kappa shape index (κ3) is 3.06. The first-order valence-electron chi connectivity index (χ1n) is 9.20. The molecule has 0 radical (unpaired) electrons. The molecule has 0 aromatic heterocycles. The van der Waals surface area contributed by atoms with Crippen LogP contribution in [0, 0.1) is 0 Å². The van der Waals surface area contributed by atoms with E-state index in [4.69, 9.17) is 4.74 Å². The predicted molar refractivity (Wildman–Crippen MR) is 106 cm³/mol. The highest BCUT2D eigenvalue weighted by molar-refractivity contribution is 6.31. The Morgan fingerprint density at radius 3 is 2.19 bits per heavy atom. The Morgan fingerprint density at radius 1 is 0.778 bits per heavy atom. The maximum Gasteiger partial charge on any atom is 0.179 e. The summed E-state index contributed by atoms with van der Waals surface area (Å²) in [5, 5.41) is 0. The van der Waals surface area contributed by atoms with Gasteiger partial charge in [-0.15, -0.1) is 0 Å². The van der Waals surface area contributed by atoms with E-state index in [1.165, 1.54) is 0 Å². The van der Waals surface area contributed by atoms with Gasteiger partial charge in [-0.25, -0.2) is 0 Å². The van der Waals surface area contributed by atoms with Crippen LogP contribution in [0.25, 0.3) is 11.1 Å². The van der Waals surface area contributed by atoms with Crippen LogP contribution in [0.5, 0.6) is 5.75 Å². The summed E-state index contributed by atoms with van der Waals surface area (Å²) in [5.74, 6) is -0.280. The molecule has 0 fully saturated rings. The van der Waals surface area contributed by atoms with Crippen LogP contribution in [-0.4, -0.2) is 18.2 Å². The molecule has 1 aliphatic carbocycles. The normalized spacial score (nSPS) is 15.7. The van der Waals surface area contributed by atoms with Gasteiger partial charge >= 0.3 is 0 Å². The fraction of sp³-hybridized carbons (Fsp3) is 0.167. The third-order valence-electron chi connectivity index (χ3n) is 4.87. The van der Waals surface area contributed by atoms with Crippen LogP contribution >= 0.6 is 0 Å². The largest absolute Gasteiger partial charge is 0.494 e. The van der Waals surface area contributed by atoms with E-state index in [1.807, 2.05) is 73.7 Å². The van der Waals surface area contributed by atoms with Gasteiger partial charge in [-0.3, -0.25) is 9.59 Å². The molecule has 0 spiro atoms. The monoisotopic (exact) mass is 356 g/mol. The molecule has 27 heavy (non-hydrogen) atoms. The van der Waals surface area contributed by atoms with E-state index < -0.39 is 5.92 Å². The van der Waals surface area contributed by atoms with E-state index in [0.29, 0.717) is 23.3 Å². The first-order chi connectivity index (χ1) is 13.2. The number of Topliss-reactive ketones (excluding diaryl/α,β-unsaturated/α-hetero) is 2. The minimum atomic E-state index is -0.773. The number of hydrogen-bond acceptors (Lipinski definition) is 3. The summed E-state index contributed by atoms with van der Waals surface area (Å²) in [4.78, 5) is 26.2. The van der Waals surface area contributed by atoms with Gasteiger partial charge in [0.1, 0.15) is 11.7 Å². The number of rotatable bonds is 5. The SMILES string of the molecule is CCCOc1ccc(C2C(=O)c3cccc(-c4ccccc4)c3C2=O)cc1. The molecule has 0 N–H and O–H groups in total. The molecular formula is C24H20O3. The van der Waals surface area contributed by atoms with Gasteiger partial charge in [0.05, 0.1) is 6.61 Å². The summed E-state index contributed by atoms with van der Waals surface area (Å²) in [7, 11) is 0. The highest BCUT2D eigenvalue weighted by atomic mass is 16.5. The van der Waals surface area contributed by atoms with Crippen molar-refractivity contribution in [1.29, 1.82) is 0 Å². The second-order valence-electron chi connectivity index (χ2n) is 6.67. The molecule has 1 aliphatic rings. The van der Waals surface area contributed by atoms with Crippen LogP contribution in [0.1, 0.15) is 45.5 Å². The molecule has 3 aromatic rings. The molecule has 0 saturated heterocycles. The number of fused-ring (bicyclic) bond motifs is 1. The molecule has 4 rings (SSSR count). The summed E-state index contributed by atoms with van der Waals surface area (Å²) in [5.41, 5.74) is 3.52. The average molecular weight is 356 g/mol. The number of benzene rings is 3. The number of ether oxygens (including phenoxy) is 1. The molecule has 0 aliphatic heterocycles. The number of carbonyl (C=O) groups excluding carboxylic acids is 2. The van der Waals surface area contributed by atoms with Gasteiger partial charge in [0.25, 0.3) is 0 Å². The van der Waals surface area contributed by atoms with Crippen molar-refractivity contribution < 1.29 is 14.3 Å². The van der Waals surface area contributed by atoms with Crippen molar-refractivity contribution >= 4 is 11.6 Å². The summed E-state index contributed by atoms with van der Waals surface area (Å²) >= 11 is 0. The van der Waals surface area contributed by atoms with Gasteiger partial charge in [0, 0.05) is 11.1 Å². The second-order valence-corrected chi connectivity index (χ2v) is 6.67. The lowest BCUT2D eigenvalue weighted by Gasteiger charge is -2.10. The lowest BCUT2D eigenvalue weighted by atomic mass is 9.93. The molecule has 0 amide bonds. The van der Waals surface area contributed by atoms with Crippen molar-refractivity contribution in [2.75, 3.05) is 6.61 Å². The van der Waals surface area contributed by atoms with E-state index >= 15 is 0 Å². The van der Waals surface area contributed by atoms with Gasteiger partial charge in [-0.1, -0.05) is 67.6 Å². The maximum absolute atomic E-state index is 13.2. The van der Waals surface area contributed by atoms with Gasteiger partial charge < -0.3 is 4.74 Å². The highest BCUT2D eigenvalue weighted by Gasteiger charge is 2.41. The van der Waals surface area contributed by atoms with E-state index in [-0.39, 0.29) is 11.6 Å². The first-order valence-corrected chi connectivity index (χ1v) is 9.20. The van der Waals surface area contributed by atoms with Crippen LogP contribution in [0.15, 0.2) is 72.8 Å². The average Bonchev–Trinajstić information content (AvgIpc) is 2.98. The molecule has 0 bridgehead atoms.